The summed E-state index contributed by atoms with van der Waals surface area (Å²) in [6.07, 6.45) is 77.6. The molecular weight excluding hydrogens is 853 g/mol. The van der Waals surface area contributed by atoms with Crippen molar-refractivity contribution in [1.82, 2.24) is 0 Å². The average molecular weight is 956 g/mol. The van der Waals surface area contributed by atoms with Gasteiger partial charge in [0, 0.05) is 19.3 Å². The van der Waals surface area contributed by atoms with Crippen molar-refractivity contribution in [2.24, 2.45) is 0 Å². The molecule has 69 heavy (non-hydrogen) atoms. The van der Waals surface area contributed by atoms with Crippen molar-refractivity contribution in [3.05, 3.63) is 122 Å². The number of esters is 3. The van der Waals surface area contributed by atoms with Gasteiger partial charge in [-0.25, -0.2) is 0 Å². The van der Waals surface area contributed by atoms with Gasteiger partial charge in [0.15, 0.2) is 6.10 Å². The van der Waals surface area contributed by atoms with Crippen LogP contribution >= 0.6 is 0 Å². The Morgan fingerprint density at radius 1 is 0.304 bits per heavy atom. The van der Waals surface area contributed by atoms with Gasteiger partial charge >= 0.3 is 17.9 Å². The molecule has 0 N–H and O–H groups in total. The molecule has 390 valence electrons. The molecule has 6 heteroatoms. The zero-order valence-corrected chi connectivity index (χ0v) is 44.5. The van der Waals surface area contributed by atoms with E-state index in [0.29, 0.717) is 19.3 Å². The number of unbranched alkanes of at least 4 members (excludes halogenated alkanes) is 18. The zero-order valence-electron chi connectivity index (χ0n) is 44.5. The monoisotopic (exact) mass is 955 g/mol. The van der Waals surface area contributed by atoms with Crippen molar-refractivity contribution in [2.45, 2.75) is 245 Å². The summed E-state index contributed by atoms with van der Waals surface area (Å²) in [5.74, 6) is -0.992. The van der Waals surface area contributed by atoms with E-state index in [2.05, 4.69) is 142 Å². The third kappa shape index (κ3) is 54.6. The zero-order chi connectivity index (χ0) is 50.0. The van der Waals surface area contributed by atoms with Crippen LogP contribution in [0.25, 0.3) is 0 Å². The Labute approximate surface area is 424 Å². The lowest BCUT2D eigenvalue weighted by molar-refractivity contribution is -0.167. The van der Waals surface area contributed by atoms with Crippen LogP contribution in [-0.2, 0) is 28.6 Å². The minimum Gasteiger partial charge on any atom is -0.462 e. The van der Waals surface area contributed by atoms with Crippen molar-refractivity contribution in [3.8, 4) is 0 Å². The number of carbonyl (C=O) groups excluding carboxylic acids is 3. The maximum Gasteiger partial charge on any atom is 0.306 e. The van der Waals surface area contributed by atoms with E-state index < -0.39 is 6.10 Å². The molecule has 0 amide bonds. The summed E-state index contributed by atoms with van der Waals surface area (Å²) in [6.45, 7) is 6.32. The van der Waals surface area contributed by atoms with Crippen LogP contribution in [-0.4, -0.2) is 37.2 Å². The van der Waals surface area contributed by atoms with Gasteiger partial charge in [0.2, 0.25) is 0 Å². The van der Waals surface area contributed by atoms with E-state index in [9.17, 15) is 14.4 Å². The van der Waals surface area contributed by atoms with Gasteiger partial charge in [0.05, 0.1) is 0 Å². The molecule has 0 aromatic heterocycles. The van der Waals surface area contributed by atoms with Crippen LogP contribution in [0.4, 0.5) is 0 Å². The molecule has 0 heterocycles. The highest BCUT2D eigenvalue weighted by atomic mass is 16.6. The van der Waals surface area contributed by atoms with Gasteiger partial charge in [-0.2, -0.15) is 0 Å². The predicted octanol–water partition coefficient (Wildman–Crippen LogP) is 18.9. The van der Waals surface area contributed by atoms with Gasteiger partial charge in [-0.15, -0.1) is 0 Å². The fourth-order valence-corrected chi connectivity index (χ4v) is 7.29. The van der Waals surface area contributed by atoms with Crippen LogP contribution < -0.4 is 0 Å². The second-order valence-corrected chi connectivity index (χ2v) is 18.1. The summed E-state index contributed by atoms with van der Waals surface area (Å²) < 4.78 is 16.8. The summed E-state index contributed by atoms with van der Waals surface area (Å²) in [5.41, 5.74) is 0. The average Bonchev–Trinajstić information content (AvgIpc) is 3.35. The molecule has 0 bridgehead atoms. The number of allylic oxidation sites excluding steroid dienone is 20. The molecule has 0 aliphatic carbocycles. The molecule has 0 radical (unpaired) electrons. The summed E-state index contributed by atoms with van der Waals surface area (Å²) >= 11 is 0. The summed E-state index contributed by atoms with van der Waals surface area (Å²) in [5, 5.41) is 0. The maximum absolute atomic E-state index is 12.9. The summed E-state index contributed by atoms with van der Waals surface area (Å²) in [4.78, 5) is 38.1. The first kappa shape index (κ1) is 64.8. The fraction of sp³-hybridized carbons (Fsp3) is 0.635. The quantitative estimate of drug-likeness (QED) is 0.0262. The van der Waals surface area contributed by atoms with E-state index in [1.165, 1.54) is 70.6 Å². The molecule has 0 saturated heterocycles. The second kappa shape index (κ2) is 56.4. The SMILES string of the molecule is CC/C=C\C/C=C\C/C=C\C/C=C\C/C=C\CCCC(=O)OC[C@H](COC(=O)CCCCCCC/C=C\C/C=C\C/C=C\CC)OC(=O)CCCCCCCCCCC/C=C\C/C=C\CCCCC. The Morgan fingerprint density at radius 3 is 0.942 bits per heavy atom. The van der Waals surface area contributed by atoms with Crippen LogP contribution in [0.5, 0.6) is 0 Å². The van der Waals surface area contributed by atoms with Crippen LogP contribution in [0.15, 0.2) is 122 Å². The summed E-state index contributed by atoms with van der Waals surface area (Å²) in [7, 11) is 0. The third-order valence-electron chi connectivity index (χ3n) is 11.4. The standard InChI is InChI=1S/C63H102O6/c1-4-7-10-13-16-19-22-25-28-30-31-33-36-39-42-45-48-51-54-57-63(66)69-60(58-67-61(64)55-52-49-46-43-40-37-34-27-24-21-18-15-12-9-6-3)59-68-62(65)56-53-50-47-44-41-38-35-32-29-26-23-20-17-14-11-8-5-2/h8-9,11-12,16-21,25-29,34-35,38,44,47,60H,4-7,10,13-15,22-24,30-33,36-37,39-43,45-46,48-59H2,1-3H3/b11-8-,12-9-,19-16-,20-17-,21-18-,28-25-,29-26-,34-27-,38-35-,47-44-/t60-/m0/s1. The van der Waals surface area contributed by atoms with Gasteiger partial charge < -0.3 is 14.2 Å². The Bertz CT molecular complexity index is 1470. The smallest absolute Gasteiger partial charge is 0.306 e. The minimum absolute atomic E-state index is 0.109. The fourth-order valence-electron chi connectivity index (χ4n) is 7.29. The number of hydrogen-bond acceptors (Lipinski definition) is 6. The largest absolute Gasteiger partial charge is 0.462 e. The van der Waals surface area contributed by atoms with Gasteiger partial charge in [-0.3, -0.25) is 14.4 Å². The lowest BCUT2D eigenvalue weighted by Crippen LogP contribution is -2.30. The van der Waals surface area contributed by atoms with Crippen molar-refractivity contribution >= 4 is 17.9 Å². The highest BCUT2D eigenvalue weighted by Gasteiger charge is 2.19. The van der Waals surface area contributed by atoms with Crippen molar-refractivity contribution in [2.75, 3.05) is 13.2 Å². The molecule has 0 aromatic carbocycles. The molecule has 0 fully saturated rings. The molecule has 0 aliphatic rings. The summed E-state index contributed by atoms with van der Waals surface area (Å²) in [6, 6.07) is 0. The van der Waals surface area contributed by atoms with Gasteiger partial charge in [-0.05, 0) is 122 Å². The Balaban J connectivity index is 4.51. The van der Waals surface area contributed by atoms with Crippen molar-refractivity contribution < 1.29 is 28.6 Å². The molecule has 0 spiro atoms. The lowest BCUT2D eigenvalue weighted by Gasteiger charge is -2.18. The Kier molecular flexibility index (Phi) is 53.0. The molecular formula is C63H102O6. The van der Waals surface area contributed by atoms with E-state index in [1.54, 1.807) is 0 Å². The van der Waals surface area contributed by atoms with Crippen LogP contribution in [0.2, 0.25) is 0 Å². The topological polar surface area (TPSA) is 78.9 Å². The molecule has 0 aliphatic heterocycles. The normalized spacial score (nSPS) is 13.0. The third-order valence-corrected chi connectivity index (χ3v) is 11.4. The van der Waals surface area contributed by atoms with Crippen LogP contribution in [0.3, 0.4) is 0 Å². The first-order valence-electron chi connectivity index (χ1n) is 28.0. The molecule has 0 aromatic rings. The molecule has 6 nitrogen and oxygen atoms in total. The van der Waals surface area contributed by atoms with Crippen LogP contribution in [0.1, 0.15) is 239 Å². The van der Waals surface area contributed by atoms with E-state index >= 15 is 0 Å². The van der Waals surface area contributed by atoms with E-state index in [1.807, 2.05) is 0 Å². The van der Waals surface area contributed by atoms with Crippen LogP contribution in [0, 0.1) is 0 Å². The molecule has 0 rings (SSSR count). The van der Waals surface area contributed by atoms with Crippen molar-refractivity contribution in [1.29, 1.82) is 0 Å². The van der Waals surface area contributed by atoms with E-state index in [-0.39, 0.29) is 37.5 Å². The second-order valence-electron chi connectivity index (χ2n) is 18.1. The van der Waals surface area contributed by atoms with Gasteiger partial charge in [0.25, 0.3) is 0 Å². The Morgan fingerprint density at radius 2 is 0.580 bits per heavy atom. The van der Waals surface area contributed by atoms with Gasteiger partial charge in [0.1, 0.15) is 13.2 Å². The number of hydrogen-bond donors (Lipinski definition) is 0. The van der Waals surface area contributed by atoms with Crippen molar-refractivity contribution in [3.63, 3.8) is 0 Å². The number of ether oxygens (including phenoxy) is 3. The maximum atomic E-state index is 12.9. The number of carbonyl (C=O) groups is 3. The lowest BCUT2D eigenvalue weighted by atomic mass is 10.1. The van der Waals surface area contributed by atoms with E-state index in [4.69, 9.17) is 14.2 Å². The van der Waals surface area contributed by atoms with E-state index in [0.717, 1.165) is 122 Å². The highest BCUT2D eigenvalue weighted by molar-refractivity contribution is 5.71. The predicted molar refractivity (Wildman–Crippen MR) is 297 cm³/mol. The molecule has 0 saturated carbocycles. The molecule has 1 atom stereocenters. The highest BCUT2D eigenvalue weighted by Crippen LogP contribution is 2.14. The first-order valence-corrected chi connectivity index (χ1v) is 28.0. The number of rotatable bonds is 49. The van der Waals surface area contributed by atoms with Gasteiger partial charge in [-0.1, -0.05) is 219 Å². The minimum atomic E-state index is -0.814. The Hall–Kier alpha value is -4.19. The first-order chi connectivity index (χ1) is 34.0. The molecule has 0 unspecified atom stereocenters.